The molecule has 0 saturated heterocycles. The number of nitrogen functional groups attached to an aromatic ring is 6. The molecule has 12 aromatic rings. The number of allylic oxidation sites excluding steroid dienone is 6. The van der Waals surface area contributed by atoms with Crippen LogP contribution < -0.4 is 34.4 Å². The molecule has 690 valence electrons. The highest BCUT2D eigenvalue weighted by molar-refractivity contribution is 7.48. The number of nitrogens with zero attached hydrogens (tertiary/aromatic N) is 24. The van der Waals surface area contributed by atoms with Gasteiger partial charge in [0.1, 0.15) is 77.2 Å². The molecule has 6 unspecified atom stereocenters. The number of hydrogen-bond acceptors (Lipinski definition) is 41. The van der Waals surface area contributed by atoms with Gasteiger partial charge in [-0.15, -0.1) is 9.42 Å². The van der Waals surface area contributed by atoms with Gasteiger partial charge in [-0.05, 0) is 32.1 Å². The van der Waals surface area contributed by atoms with Gasteiger partial charge in [0.2, 0.25) is 0 Å². The summed E-state index contributed by atoms with van der Waals surface area (Å²) in [5.41, 5.74) is 40.3. The molecule has 53 nitrogen and oxygen atoms in total. The fraction of sp³-hybridized carbons (Fsp3) is 0.417. The van der Waals surface area contributed by atoms with E-state index in [1.165, 1.54) is 94.2 Å². The Morgan fingerprint density at radius 2 is 0.489 bits per heavy atom. The van der Waals surface area contributed by atoms with Gasteiger partial charge in [0.25, 0.3) is 0 Å². The van der Waals surface area contributed by atoms with E-state index in [2.05, 4.69) is 89.7 Å². The molecule has 0 spiro atoms. The van der Waals surface area contributed by atoms with Crippen LogP contribution in [0.25, 0.3) is 67.0 Å². The number of fused-ring (bicyclic) bond motifs is 6. The second kappa shape index (κ2) is 36.9. The molecule has 0 fully saturated rings. The molecule has 12 aromatic heterocycles. The van der Waals surface area contributed by atoms with Gasteiger partial charge >= 0.3 is 47.4 Å². The van der Waals surface area contributed by atoms with E-state index in [4.69, 9.17) is 84.2 Å². The molecule has 0 aliphatic heterocycles. The van der Waals surface area contributed by atoms with Crippen molar-refractivity contribution in [1.82, 2.24) is 117 Å². The number of anilines is 6. The lowest BCUT2D eigenvalue weighted by Crippen LogP contribution is -2.34. The van der Waals surface area contributed by atoms with E-state index in [1.54, 1.807) is 76.9 Å². The number of nitrogens with two attached hydrogens (primary N) is 6. The summed E-state index contributed by atoms with van der Waals surface area (Å²) in [7, 11) is -29.6. The minimum absolute atomic E-state index is 0.0259. The molecule has 0 amide bonds. The van der Waals surface area contributed by atoms with Gasteiger partial charge < -0.3 is 86.3 Å². The van der Waals surface area contributed by atoms with Crippen LogP contribution in [0.3, 0.4) is 0 Å². The second-order valence-corrected chi connectivity index (χ2v) is 39.4. The van der Waals surface area contributed by atoms with E-state index in [9.17, 15) is 56.8 Å². The standard InChI is InChI=1S/C72H84N30O23P6/c1-37-2-8-43(97-31-91-55-61(73)79-25-85-67(55)97)14-49(37)121-127(105,106)116-21-39-4-10-45(99-33-93-57-63(75)81-27-87-69(57)99)16-51(39)123-129(109,110)118-23-41-6-12-47(101-35-95-59-65(77)83-29-89-71(59)101)18-53(41)125-131(113,114)119-24-42-7-13-48(102-36-96-60-66(78)84-30-90-72(60)102)19-54(42)124-130(111,112)117-22-40-5-11-46(100-34-94-58-64(76)82-28-88-70(58)100)17-52(40)122-128(107,108)115-20-38-3-9-44(15-50(38)120-126(103)104)98-32-92-56-62(74)80-26-86-68(56)98/h2-13,25-54H,14-24H2,1H3,(H17-,73,74,75,76,77,78,79,80,81,82,83,84,85,86,87,88,89,90,103,104,105,106,107,108,109,110,111,112,113,114)/p+1/t37-,38+,39+,40+,41+,42+,43+,44+,45+,46+,47+,48+,49-,50-,51-,52-,53-,54-/m0/s1. The summed E-state index contributed by atoms with van der Waals surface area (Å²) in [4.78, 5) is 146. The van der Waals surface area contributed by atoms with Crippen molar-refractivity contribution in [3.05, 3.63) is 149 Å². The van der Waals surface area contributed by atoms with Crippen LogP contribution in [-0.2, 0) is 77.2 Å². The summed E-state index contributed by atoms with van der Waals surface area (Å²) in [6.45, 7) is -1.73. The maximum atomic E-state index is 14.9. The van der Waals surface area contributed by atoms with Gasteiger partial charge in [0, 0.05) is 46.5 Å². The normalized spacial score (nSPS) is 28.3. The summed E-state index contributed by atoms with van der Waals surface area (Å²) in [6, 6.07) is -4.07. The molecule has 59 heteroatoms. The molecule has 18 rings (SSSR count). The number of rotatable bonds is 33. The van der Waals surface area contributed by atoms with Crippen LogP contribution in [-0.4, -0.2) is 216 Å². The monoisotopic (exact) mass is 1920 g/mol. The number of aromatic nitrogens is 24. The van der Waals surface area contributed by atoms with Crippen molar-refractivity contribution >= 4 is 149 Å². The van der Waals surface area contributed by atoms with Gasteiger partial charge in [-0.25, -0.2) is 113 Å². The van der Waals surface area contributed by atoms with Crippen molar-refractivity contribution in [3.63, 3.8) is 0 Å². The third kappa shape index (κ3) is 19.7. The summed E-state index contributed by atoms with van der Waals surface area (Å²) in [5.74, 6) is -5.48. The third-order valence-electron chi connectivity index (χ3n) is 23.5. The molecule has 18 N–H and O–H groups in total. The number of hydrogen-bond donors (Lipinski definition) is 12. The second-order valence-electron chi connectivity index (χ2n) is 31.7. The van der Waals surface area contributed by atoms with E-state index in [1.807, 2.05) is 12.2 Å². The molecular weight excluding hydrogens is 1840 g/mol. The Bertz CT molecular complexity index is 6790. The number of imidazole rings is 6. The van der Waals surface area contributed by atoms with Crippen molar-refractivity contribution in [2.24, 2.45) is 35.5 Å². The zero-order valence-corrected chi connectivity index (χ0v) is 73.9. The first-order chi connectivity index (χ1) is 62.7. The predicted octanol–water partition coefficient (Wildman–Crippen LogP) is 6.79. The van der Waals surface area contributed by atoms with Gasteiger partial charge in [-0.3, -0.25) is 45.2 Å². The highest BCUT2D eigenvalue weighted by Gasteiger charge is 2.47. The Hall–Kier alpha value is -10.9. The molecule has 6 aliphatic rings. The van der Waals surface area contributed by atoms with Crippen LogP contribution >= 0.6 is 47.4 Å². The first-order valence-corrected chi connectivity index (χ1v) is 49.1. The van der Waals surface area contributed by atoms with E-state index in [-0.39, 0.29) is 112 Å². The Morgan fingerprint density at radius 3 is 0.710 bits per heavy atom. The largest absolute Gasteiger partial charge is 0.695 e. The Labute approximate surface area is 739 Å². The third-order valence-corrected chi connectivity index (χ3v) is 29.1. The highest BCUT2D eigenvalue weighted by Crippen LogP contribution is 2.57. The lowest BCUT2D eigenvalue weighted by atomic mass is 9.90. The Balaban J connectivity index is 0.576. The van der Waals surface area contributed by atoms with Gasteiger partial charge in [-0.1, -0.05) is 79.8 Å². The SMILES string of the molecule is C[C@H]1C=C[C@@H](n2cnc3c(N)ncnc32)C[C@@H]1OP(=O)(O)OC[C@H]1C=C[C@@H](n2cnc3c(N)ncnc32)C[C@@H]1OP(=O)(O)OC[C@H]1C=C[C@@H](n2cnc3c(N)ncnc32)C[C@@H]1OP(=O)(O)OC[C@H]1C=C[C@@H](n2cnc3c(N)ncnc32)C[C@@H]1OP(=O)(O)OC[C@H]1C=C[C@@H](n2cnc3c(N)ncnc32)C[C@@H]1OP(=O)(O)OC[C@H]1C=C[C@@H](n2cnc3c(N)ncnc32)C[C@@H]1O[P+](=O)O. The average molecular weight is 1920 g/mol. The van der Waals surface area contributed by atoms with Crippen LogP contribution in [0.5, 0.6) is 0 Å². The summed E-state index contributed by atoms with van der Waals surface area (Å²) in [5, 5.41) is 0. The van der Waals surface area contributed by atoms with Crippen LogP contribution in [0.2, 0.25) is 0 Å². The first kappa shape index (κ1) is 90.6. The van der Waals surface area contributed by atoms with Gasteiger partial charge in [-0.2, -0.15) is 0 Å². The number of phosphoric acid groups is 5. The van der Waals surface area contributed by atoms with Crippen molar-refractivity contribution in [2.45, 2.75) is 118 Å². The van der Waals surface area contributed by atoms with Crippen molar-refractivity contribution < 1.29 is 107 Å². The van der Waals surface area contributed by atoms with Crippen molar-refractivity contribution in [3.8, 4) is 0 Å². The lowest BCUT2D eigenvalue weighted by Gasteiger charge is -2.36. The van der Waals surface area contributed by atoms with Gasteiger partial charge in [0.15, 0.2) is 68.8 Å². The smallest absolute Gasteiger partial charge is 0.382 e. The summed E-state index contributed by atoms with van der Waals surface area (Å²) in [6.07, 6.45) is 27.5. The van der Waals surface area contributed by atoms with E-state index >= 15 is 0 Å². The minimum Gasteiger partial charge on any atom is -0.382 e. The molecule has 131 heavy (non-hydrogen) atoms. The average Bonchev–Trinajstić information content (AvgIpc) is 1.54. The molecule has 6 aliphatic carbocycles. The topological polar surface area (TPSA) is 743 Å². The Morgan fingerprint density at radius 1 is 0.298 bits per heavy atom. The van der Waals surface area contributed by atoms with E-state index in [0.29, 0.717) is 28.0 Å². The molecule has 0 radical (unpaired) electrons. The fourth-order valence-electron chi connectivity index (χ4n) is 16.9. The van der Waals surface area contributed by atoms with Crippen LogP contribution in [0, 0.1) is 35.5 Å². The van der Waals surface area contributed by atoms with Crippen molar-refractivity contribution in [1.29, 1.82) is 0 Å². The van der Waals surface area contributed by atoms with E-state index in [0.717, 1.165) is 0 Å². The molecule has 12 heterocycles. The van der Waals surface area contributed by atoms with Crippen LogP contribution in [0.4, 0.5) is 34.9 Å². The lowest BCUT2D eigenvalue weighted by molar-refractivity contribution is 0.0131. The van der Waals surface area contributed by atoms with Gasteiger partial charge in [0.05, 0.1) is 138 Å². The maximum Gasteiger partial charge on any atom is 0.695 e. The van der Waals surface area contributed by atoms with E-state index < -0.39 is 189 Å². The Kier molecular flexibility index (Phi) is 25.6. The van der Waals surface area contributed by atoms with Crippen LogP contribution in [0.15, 0.2) is 149 Å². The molecule has 0 saturated carbocycles. The first-order valence-electron chi connectivity index (χ1n) is 40.5. The number of phosphoric ester groups is 5. The molecule has 0 bridgehead atoms. The summed E-state index contributed by atoms with van der Waals surface area (Å²) >= 11 is 0. The molecule has 0 aromatic carbocycles. The van der Waals surface area contributed by atoms with Crippen LogP contribution in [0.1, 0.15) is 81.7 Å². The molecular formula is C72H85N30O23P6+. The highest BCUT2D eigenvalue weighted by atomic mass is 31.2. The minimum atomic E-state index is -5.43. The zero-order valence-electron chi connectivity index (χ0n) is 68.5. The quantitative estimate of drug-likeness (QED) is 0.0149. The zero-order chi connectivity index (χ0) is 91.6. The molecule has 24 atom stereocenters. The van der Waals surface area contributed by atoms with Crippen molar-refractivity contribution in [2.75, 3.05) is 67.4 Å². The fourth-order valence-corrected chi connectivity index (χ4v) is 22.4. The summed E-state index contributed by atoms with van der Waals surface area (Å²) < 4.78 is 159. The maximum absolute atomic E-state index is 14.9. The predicted molar refractivity (Wildman–Crippen MR) is 460 cm³/mol.